The normalized spacial score (nSPS) is 15.2. The molecule has 3 N–H and O–H groups in total. The molecular formula is C13H17ClN2O2. The topological polar surface area (TPSA) is 64.3 Å². The van der Waals surface area contributed by atoms with E-state index in [1.165, 1.54) is 6.42 Å². The van der Waals surface area contributed by atoms with Gasteiger partial charge in [0.25, 0.3) is 0 Å². The van der Waals surface area contributed by atoms with E-state index in [-0.39, 0.29) is 5.91 Å². The van der Waals surface area contributed by atoms with Crippen LogP contribution in [0.3, 0.4) is 0 Å². The second kappa shape index (κ2) is 6.07. The molecule has 18 heavy (non-hydrogen) atoms. The van der Waals surface area contributed by atoms with Crippen LogP contribution in [0.15, 0.2) is 18.2 Å². The van der Waals surface area contributed by atoms with Gasteiger partial charge in [-0.15, -0.1) is 0 Å². The van der Waals surface area contributed by atoms with Gasteiger partial charge in [0.1, 0.15) is 0 Å². The number of rotatable bonds is 5. The molecule has 0 unspecified atom stereocenters. The summed E-state index contributed by atoms with van der Waals surface area (Å²) in [4.78, 5) is 11.7. The Morgan fingerprint density at radius 1 is 1.50 bits per heavy atom. The summed E-state index contributed by atoms with van der Waals surface area (Å²) in [5.41, 5.74) is 6.80. The van der Waals surface area contributed by atoms with E-state index in [9.17, 15) is 4.79 Å². The van der Waals surface area contributed by atoms with Gasteiger partial charge < -0.3 is 15.8 Å². The first-order chi connectivity index (χ1) is 8.65. The number of hydrogen-bond acceptors (Lipinski definition) is 3. The Morgan fingerprint density at radius 3 is 2.94 bits per heavy atom. The van der Waals surface area contributed by atoms with Gasteiger partial charge in [0.05, 0.1) is 30.5 Å². The quantitative estimate of drug-likeness (QED) is 0.807. The number of ether oxygens (including phenoxy) is 1. The van der Waals surface area contributed by atoms with E-state index in [1.807, 2.05) is 0 Å². The Kier molecular flexibility index (Phi) is 4.44. The Bertz CT molecular complexity index is 433. The zero-order valence-electron chi connectivity index (χ0n) is 10.1. The molecule has 0 aromatic heterocycles. The van der Waals surface area contributed by atoms with Gasteiger partial charge in [0.15, 0.2) is 0 Å². The number of benzene rings is 1. The molecule has 0 aliphatic heterocycles. The third-order valence-corrected chi connectivity index (χ3v) is 3.26. The van der Waals surface area contributed by atoms with Crippen molar-refractivity contribution in [3.05, 3.63) is 23.2 Å². The molecule has 98 valence electrons. The molecule has 5 heteroatoms. The maximum Gasteiger partial charge on any atom is 0.226 e. The fraction of sp³-hybridized carbons (Fsp3) is 0.462. The van der Waals surface area contributed by atoms with Gasteiger partial charge in [0.2, 0.25) is 5.91 Å². The van der Waals surface area contributed by atoms with Gasteiger partial charge in [-0.05, 0) is 37.5 Å². The molecule has 0 radical (unpaired) electrons. The average Bonchev–Trinajstić information content (AvgIpc) is 2.27. The first-order valence-electron chi connectivity index (χ1n) is 6.11. The van der Waals surface area contributed by atoms with Crippen LogP contribution in [0.1, 0.15) is 25.7 Å². The molecule has 1 fully saturated rings. The lowest BCUT2D eigenvalue weighted by Crippen LogP contribution is -2.24. The van der Waals surface area contributed by atoms with E-state index in [1.54, 1.807) is 18.2 Å². The summed E-state index contributed by atoms with van der Waals surface area (Å²) in [6.07, 6.45) is 4.15. The molecule has 1 saturated carbocycles. The molecule has 0 atom stereocenters. The lowest BCUT2D eigenvalue weighted by Gasteiger charge is -2.25. The van der Waals surface area contributed by atoms with Crippen LogP contribution in [0.5, 0.6) is 0 Å². The summed E-state index contributed by atoms with van der Waals surface area (Å²) in [6.45, 7) is 0.455. The first kappa shape index (κ1) is 13.2. The van der Waals surface area contributed by atoms with Crippen LogP contribution in [0.2, 0.25) is 5.02 Å². The molecule has 0 saturated heterocycles. The standard InChI is InChI=1S/C13H17ClN2O2/c14-9-4-5-11(15)12(8-9)16-13(17)6-7-18-10-2-1-3-10/h4-5,8,10H,1-3,6-7,15H2,(H,16,17). The Morgan fingerprint density at radius 2 is 2.28 bits per heavy atom. The molecule has 1 amide bonds. The zero-order chi connectivity index (χ0) is 13.0. The highest BCUT2D eigenvalue weighted by molar-refractivity contribution is 6.31. The minimum Gasteiger partial charge on any atom is -0.397 e. The number of nitrogen functional groups attached to an aromatic ring is 1. The fourth-order valence-corrected chi connectivity index (χ4v) is 1.88. The van der Waals surface area contributed by atoms with Gasteiger partial charge in [-0.25, -0.2) is 0 Å². The monoisotopic (exact) mass is 268 g/mol. The van der Waals surface area contributed by atoms with E-state index in [0.29, 0.717) is 35.5 Å². The Hall–Kier alpha value is -1.26. The second-order valence-corrected chi connectivity index (χ2v) is 4.89. The van der Waals surface area contributed by atoms with Gasteiger partial charge in [-0.1, -0.05) is 11.6 Å². The summed E-state index contributed by atoms with van der Waals surface area (Å²) in [5, 5.41) is 3.28. The molecule has 0 spiro atoms. The van der Waals surface area contributed by atoms with Crippen molar-refractivity contribution < 1.29 is 9.53 Å². The predicted octanol–water partition coefficient (Wildman–Crippen LogP) is 2.82. The maximum atomic E-state index is 11.7. The lowest BCUT2D eigenvalue weighted by molar-refractivity contribution is -0.118. The van der Waals surface area contributed by atoms with Crippen LogP contribution in [-0.4, -0.2) is 18.6 Å². The van der Waals surface area contributed by atoms with Crippen molar-refractivity contribution in [3.8, 4) is 0 Å². The molecule has 0 bridgehead atoms. The van der Waals surface area contributed by atoms with Crippen LogP contribution in [0.25, 0.3) is 0 Å². The third-order valence-electron chi connectivity index (χ3n) is 3.02. The summed E-state index contributed by atoms with van der Waals surface area (Å²) in [5.74, 6) is -0.108. The molecule has 1 aromatic carbocycles. The van der Waals surface area contributed by atoms with Gasteiger partial charge >= 0.3 is 0 Å². The van der Waals surface area contributed by atoms with E-state index >= 15 is 0 Å². The number of halogens is 1. The summed E-state index contributed by atoms with van der Waals surface area (Å²) in [7, 11) is 0. The van der Waals surface area contributed by atoms with Gasteiger partial charge in [-0.2, -0.15) is 0 Å². The molecular weight excluding hydrogens is 252 g/mol. The zero-order valence-corrected chi connectivity index (χ0v) is 10.9. The SMILES string of the molecule is Nc1ccc(Cl)cc1NC(=O)CCOC1CCC1. The van der Waals surface area contributed by atoms with E-state index in [4.69, 9.17) is 22.1 Å². The van der Waals surface area contributed by atoms with Crippen LogP contribution in [0, 0.1) is 0 Å². The first-order valence-corrected chi connectivity index (χ1v) is 6.49. The van der Waals surface area contributed by atoms with Crippen LogP contribution >= 0.6 is 11.6 Å². The number of hydrogen-bond donors (Lipinski definition) is 2. The second-order valence-electron chi connectivity index (χ2n) is 4.45. The third kappa shape index (κ3) is 3.62. The predicted molar refractivity (Wildman–Crippen MR) is 72.7 cm³/mol. The van der Waals surface area contributed by atoms with Crippen molar-refractivity contribution >= 4 is 28.9 Å². The largest absolute Gasteiger partial charge is 0.397 e. The van der Waals surface area contributed by atoms with Crippen LogP contribution in [0.4, 0.5) is 11.4 Å². The molecule has 1 aliphatic carbocycles. The van der Waals surface area contributed by atoms with Crippen molar-refractivity contribution in [2.75, 3.05) is 17.7 Å². The van der Waals surface area contributed by atoms with Crippen molar-refractivity contribution in [1.82, 2.24) is 0 Å². The highest BCUT2D eigenvalue weighted by atomic mass is 35.5. The molecule has 1 aromatic rings. The fourth-order valence-electron chi connectivity index (χ4n) is 1.71. The van der Waals surface area contributed by atoms with Crippen molar-refractivity contribution in [2.24, 2.45) is 0 Å². The summed E-state index contributed by atoms with van der Waals surface area (Å²) in [6, 6.07) is 5.00. The Labute approximate surface area is 111 Å². The van der Waals surface area contributed by atoms with Crippen LogP contribution in [-0.2, 0) is 9.53 Å². The molecule has 2 rings (SSSR count). The highest BCUT2D eigenvalue weighted by Gasteiger charge is 2.17. The Balaban J connectivity index is 1.77. The van der Waals surface area contributed by atoms with Gasteiger partial charge in [-0.3, -0.25) is 4.79 Å². The van der Waals surface area contributed by atoms with Crippen molar-refractivity contribution in [2.45, 2.75) is 31.8 Å². The van der Waals surface area contributed by atoms with E-state index < -0.39 is 0 Å². The molecule has 1 aliphatic rings. The maximum absolute atomic E-state index is 11.7. The average molecular weight is 269 g/mol. The smallest absolute Gasteiger partial charge is 0.226 e. The summed E-state index contributed by atoms with van der Waals surface area (Å²) < 4.78 is 5.52. The minimum atomic E-state index is -0.108. The minimum absolute atomic E-state index is 0.108. The van der Waals surface area contributed by atoms with Crippen molar-refractivity contribution in [1.29, 1.82) is 0 Å². The van der Waals surface area contributed by atoms with E-state index in [2.05, 4.69) is 5.32 Å². The van der Waals surface area contributed by atoms with Crippen LogP contribution < -0.4 is 11.1 Å². The number of carbonyl (C=O) groups excluding carboxylic acids is 1. The van der Waals surface area contributed by atoms with E-state index in [0.717, 1.165) is 12.8 Å². The molecule has 4 nitrogen and oxygen atoms in total. The number of carbonyl (C=O) groups is 1. The summed E-state index contributed by atoms with van der Waals surface area (Å²) >= 11 is 5.84. The van der Waals surface area contributed by atoms with Crippen molar-refractivity contribution in [3.63, 3.8) is 0 Å². The molecule has 0 heterocycles. The number of anilines is 2. The highest BCUT2D eigenvalue weighted by Crippen LogP contribution is 2.24. The number of nitrogens with one attached hydrogen (secondary N) is 1. The van der Waals surface area contributed by atoms with Gasteiger partial charge in [0, 0.05) is 5.02 Å². The lowest BCUT2D eigenvalue weighted by atomic mass is 9.96. The number of amides is 1. The number of nitrogens with two attached hydrogens (primary N) is 1.